The van der Waals surface area contributed by atoms with Crippen LogP contribution in [0.4, 0.5) is 0 Å². The zero-order valence-corrected chi connectivity index (χ0v) is 12.4. The summed E-state index contributed by atoms with van der Waals surface area (Å²) in [6.45, 7) is 9.95. The Balaban J connectivity index is 2.37. The average Bonchev–Trinajstić information content (AvgIpc) is 2.45. The van der Waals surface area contributed by atoms with Gasteiger partial charge < -0.3 is 15.2 Å². The van der Waals surface area contributed by atoms with E-state index in [9.17, 15) is 5.11 Å². The summed E-state index contributed by atoms with van der Waals surface area (Å²) in [4.78, 5) is 2.39. The number of ether oxygens (including phenoxy) is 1. The van der Waals surface area contributed by atoms with Gasteiger partial charge in [-0.1, -0.05) is 11.6 Å². The van der Waals surface area contributed by atoms with Crippen LogP contribution in [-0.4, -0.2) is 43.3 Å². The molecule has 0 bridgehead atoms. The van der Waals surface area contributed by atoms with Gasteiger partial charge >= 0.3 is 0 Å². The van der Waals surface area contributed by atoms with Crippen molar-refractivity contribution in [3.05, 3.63) is 35.9 Å². The predicted molar refractivity (Wildman–Crippen MR) is 81.3 cm³/mol. The first-order valence-corrected chi connectivity index (χ1v) is 7.08. The van der Waals surface area contributed by atoms with Crippen LogP contribution in [-0.2, 0) is 0 Å². The lowest BCUT2D eigenvalue weighted by Gasteiger charge is -2.36. The Morgan fingerprint density at radius 3 is 2.75 bits per heavy atom. The molecule has 2 rings (SSSR count). The smallest absolute Gasteiger partial charge is 0.127 e. The van der Waals surface area contributed by atoms with E-state index in [0.717, 1.165) is 49.5 Å². The Kier molecular flexibility index (Phi) is 5.04. The number of nitrogens with zero attached hydrogens (tertiary/aromatic N) is 1. The van der Waals surface area contributed by atoms with Crippen molar-refractivity contribution in [2.24, 2.45) is 0 Å². The molecule has 1 saturated heterocycles. The summed E-state index contributed by atoms with van der Waals surface area (Å²) in [7, 11) is 1.65. The minimum atomic E-state index is 0.116. The molecule has 1 atom stereocenters. The largest absolute Gasteiger partial charge is 0.507 e. The Bertz CT molecular complexity index is 468. The van der Waals surface area contributed by atoms with E-state index in [2.05, 4.69) is 16.8 Å². The molecule has 1 aromatic carbocycles. The number of hydrogen-bond acceptors (Lipinski definition) is 4. The second-order valence-electron chi connectivity index (χ2n) is 5.36. The monoisotopic (exact) mass is 276 g/mol. The number of rotatable bonds is 5. The molecule has 0 unspecified atom stereocenters. The maximum absolute atomic E-state index is 10.3. The fourth-order valence-corrected chi connectivity index (χ4v) is 2.78. The predicted octanol–water partition coefficient (Wildman–Crippen LogP) is 2.31. The van der Waals surface area contributed by atoms with Gasteiger partial charge in [-0.3, -0.25) is 4.90 Å². The highest BCUT2D eigenvalue weighted by atomic mass is 16.5. The Labute approximate surface area is 121 Å². The molecule has 0 aromatic heterocycles. The van der Waals surface area contributed by atoms with Crippen LogP contribution in [0.2, 0.25) is 0 Å². The number of hydrogen-bond donors (Lipinski definition) is 2. The van der Waals surface area contributed by atoms with Crippen LogP contribution in [0, 0.1) is 0 Å². The number of nitrogens with one attached hydrogen (secondary N) is 1. The lowest BCUT2D eigenvalue weighted by atomic mass is 9.96. The summed E-state index contributed by atoms with van der Waals surface area (Å²) in [5.74, 6) is 1.05. The molecule has 0 aliphatic carbocycles. The first-order chi connectivity index (χ1) is 9.63. The molecule has 0 amide bonds. The van der Waals surface area contributed by atoms with E-state index < -0.39 is 0 Å². The van der Waals surface area contributed by atoms with Gasteiger partial charge in [0.15, 0.2) is 0 Å². The molecular formula is C16H24N2O2. The molecule has 20 heavy (non-hydrogen) atoms. The summed E-state index contributed by atoms with van der Waals surface area (Å²) in [6.07, 6.45) is 0.827. The van der Waals surface area contributed by atoms with Crippen molar-refractivity contribution in [3.8, 4) is 11.5 Å². The lowest BCUT2D eigenvalue weighted by Crippen LogP contribution is -2.45. The van der Waals surface area contributed by atoms with Crippen LogP contribution in [0.5, 0.6) is 11.5 Å². The molecule has 4 nitrogen and oxygen atoms in total. The fourth-order valence-electron chi connectivity index (χ4n) is 2.78. The molecule has 1 aliphatic rings. The normalized spacial score (nSPS) is 17.7. The van der Waals surface area contributed by atoms with Crippen molar-refractivity contribution < 1.29 is 9.84 Å². The van der Waals surface area contributed by atoms with Gasteiger partial charge in [0.25, 0.3) is 0 Å². The maximum atomic E-state index is 10.3. The summed E-state index contributed by atoms with van der Waals surface area (Å²) in [5.41, 5.74) is 1.98. The summed E-state index contributed by atoms with van der Waals surface area (Å²) in [5, 5.41) is 13.6. The zero-order valence-electron chi connectivity index (χ0n) is 12.4. The minimum absolute atomic E-state index is 0.116. The van der Waals surface area contributed by atoms with Crippen molar-refractivity contribution in [2.75, 3.05) is 33.3 Å². The standard InChI is InChI=1S/C16H24N2O2/c1-12(2)11-13(18-9-7-17-8-10-18)16-14(19)5-4-6-15(16)20-3/h4-6,13,17,19H,1,7-11H2,2-3H3/t13-/m0/s1. The molecule has 2 N–H and O–H groups in total. The Hall–Kier alpha value is -1.52. The van der Waals surface area contributed by atoms with Crippen molar-refractivity contribution in [1.82, 2.24) is 10.2 Å². The van der Waals surface area contributed by atoms with Gasteiger partial charge in [-0.2, -0.15) is 0 Å². The third-order valence-electron chi connectivity index (χ3n) is 3.73. The van der Waals surface area contributed by atoms with E-state index >= 15 is 0 Å². The van der Waals surface area contributed by atoms with Gasteiger partial charge in [-0.15, -0.1) is 6.58 Å². The first kappa shape index (κ1) is 14.9. The fraction of sp³-hybridized carbons (Fsp3) is 0.500. The third-order valence-corrected chi connectivity index (χ3v) is 3.73. The summed E-state index contributed by atoms with van der Waals surface area (Å²) in [6, 6.07) is 5.56. The van der Waals surface area contributed by atoms with Gasteiger partial charge in [-0.25, -0.2) is 0 Å². The van der Waals surface area contributed by atoms with Gasteiger partial charge in [0.1, 0.15) is 11.5 Å². The van der Waals surface area contributed by atoms with Gasteiger partial charge in [0.05, 0.1) is 12.7 Å². The quantitative estimate of drug-likeness (QED) is 0.810. The molecule has 0 radical (unpaired) electrons. The summed E-state index contributed by atoms with van der Waals surface area (Å²) < 4.78 is 5.45. The van der Waals surface area contributed by atoms with Crippen LogP contribution >= 0.6 is 0 Å². The molecular weight excluding hydrogens is 252 g/mol. The van der Waals surface area contributed by atoms with Crippen molar-refractivity contribution >= 4 is 0 Å². The van der Waals surface area contributed by atoms with E-state index in [0.29, 0.717) is 5.75 Å². The molecule has 1 aromatic rings. The Morgan fingerprint density at radius 1 is 1.45 bits per heavy atom. The molecule has 1 fully saturated rings. The zero-order chi connectivity index (χ0) is 14.5. The first-order valence-electron chi connectivity index (χ1n) is 7.08. The second-order valence-corrected chi connectivity index (χ2v) is 5.36. The van der Waals surface area contributed by atoms with E-state index in [1.807, 2.05) is 19.1 Å². The average molecular weight is 276 g/mol. The van der Waals surface area contributed by atoms with E-state index in [4.69, 9.17) is 4.74 Å². The highest BCUT2D eigenvalue weighted by Crippen LogP contribution is 2.39. The van der Waals surface area contributed by atoms with Crippen molar-refractivity contribution in [2.45, 2.75) is 19.4 Å². The number of aromatic hydroxyl groups is 1. The van der Waals surface area contributed by atoms with Crippen molar-refractivity contribution in [3.63, 3.8) is 0 Å². The van der Waals surface area contributed by atoms with Crippen LogP contribution in [0.25, 0.3) is 0 Å². The van der Waals surface area contributed by atoms with Crippen molar-refractivity contribution in [1.29, 1.82) is 0 Å². The molecule has 110 valence electrons. The number of piperazine rings is 1. The number of phenols is 1. The van der Waals surface area contributed by atoms with E-state index in [1.165, 1.54) is 0 Å². The highest BCUT2D eigenvalue weighted by Gasteiger charge is 2.27. The minimum Gasteiger partial charge on any atom is -0.507 e. The highest BCUT2D eigenvalue weighted by molar-refractivity contribution is 5.46. The SMILES string of the molecule is C=C(C)C[C@@H](c1c(O)cccc1OC)N1CCNCC1. The van der Waals surface area contributed by atoms with E-state index in [1.54, 1.807) is 13.2 Å². The maximum Gasteiger partial charge on any atom is 0.127 e. The summed E-state index contributed by atoms with van der Waals surface area (Å²) >= 11 is 0. The van der Waals surface area contributed by atoms with Crippen LogP contribution in [0.3, 0.4) is 0 Å². The van der Waals surface area contributed by atoms with E-state index in [-0.39, 0.29) is 6.04 Å². The Morgan fingerprint density at radius 2 is 2.15 bits per heavy atom. The van der Waals surface area contributed by atoms with Crippen LogP contribution in [0.1, 0.15) is 24.9 Å². The number of methoxy groups -OCH3 is 1. The van der Waals surface area contributed by atoms with Gasteiger partial charge in [0, 0.05) is 32.2 Å². The number of benzene rings is 1. The molecule has 4 heteroatoms. The van der Waals surface area contributed by atoms with Crippen LogP contribution in [0.15, 0.2) is 30.4 Å². The molecule has 0 saturated carbocycles. The molecule has 1 aliphatic heterocycles. The third kappa shape index (κ3) is 3.32. The van der Waals surface area contributed by atoms with Gasteiger partial charge in [0.2, 0.25) is 0 Å². The molecule has 1 heterocycles. The lowest BCUT2D eigenvalue weighted by molar-refractivity contribution is 0.167. The second kappa shape index (κ2) is 6.77. The van der Waals surface area contributed by atoms with Gasteiger partial charge in [-0.05, 0) is 25.5 Å². The van der Waals surface area contributed by atoms with Crippen LogP contribution < -0.4 is 10.1 Å². The number of phenolic OH excluding ortho intramolecular Hbond substituents is 1. The topological polar surface area (TPSA) is 44.7 Å². The molecule has 0 spiro atoms.